The third kappa shape index (κ3) is 1.09. The van der Waals surface area contributed by atoms with Gasteiger partial charge in [-0.05, 0) is 0 Å². The van der Waals surface area contributed by atoms with E-state index in [1.165, 1.54) is 0 Å². The molecule has 1 amide bonds. The Kier molecular flexibility index (Phi) is 1.74. The monoisotopic (exact) mass is 206 g/mol. The van der Waals surface area contributed by atoms with E-state index in [-0.39, 0.29) is 22.5 Å². The summed E-state index contributed by atoms with van der Waals surface area (Å²) in [4.78, 5) is 24.7. The number of fused-ring (bicyclic) bond motifs is 1. The van der Waals surface area contributed by atoms with Crippen LogP contribution < -0.4 is 16.6 Å². The highest BCUT2D eigenvalue weighted by molar-refractivity contribution is 6.03. The number of anilines is 1. The molecule has 5 N–H and O–H groups in total. The number of hydrogen-bond donors (Lipinski definition) is 4. The van der Waals surface area contributed by atoms with Crippen LogP contribution in [0.25, 0.3) is 0 Å². The second-order valence-corrected chi connectivity index (χ2v) is 3.02. The van der Waals surface area contributed by atoms with Gasteiger partial charge >= 0.3 is 0 Å². The van der Waals surface area contributed by atoms with E-state index in [1.807, 2.05) is 0 Å². The van der Waals surface area contributed by atoms with Crippen molar-refractivity contribution in [2.75, 3.05) is 5.73 Å². The summed E-state index contributed by atoms with van der Waals surface area (Å²) >= 11 is 0. The zero-order chi connectivity index (χ0) is 11.2. The summed E-state index contributed by atoms with van der Waals surface area (Å²) in [6, 6.07) is 1.62. The molecule has 0 saturated carbocycles. The Balaban J connectivity index is 2.91. The molecule has 1 atom stereocenters. The molecule has 1 aliphatic heterocycles. The molecule has 0 saturated heterocycles. The molecule has 1 unspecified atom stereocenters. The van der Waals surface area contributed by atoms with E-state index < -0.39 is 17.7 Å². The van der Waals surface area contributed by atoms with Crippen molar-refractivity contribution in [1.29, 1.82) is 5.26 Å². The fraction of sp³-hybridized carbons (Fsp3) is 0.125. The summed E-state index contributed by atoms with van der Waals surface area (Å²) in [5, 5.41) is 20.3. The molecule has 0 radical (unpaired) electrons. The number of nitrogens with zero attached hydrogens (tertiary/aromatic N) is 1. The SMILES string of the molecule is N#Cc1c2c(c(N)[nH]c1=O)C(=O)NC2O. The van der Waals surface area contributed by atoms with Gasteiger partial charge in [0, 0.05) is 5.56 Å². The summed E-state index contributed by atoms with van der Waals surface area (Å²) in [6.07, 6.45) is -1.35. The van der Waals surface area contributed by atoms with E-state index >= 15 is 0 Å². The van der Waals surface area contributed by atoms with Gasteiger partial charge in [-0.2, -0.15) is 5.26 Å². The van der Waals surface area contributed by atoms with Gasteiger partial charge in [0.2, 0.25) is 0 Å². The van der Waals surface area contributed by atoms with Gasteiger partial charge in [-0.3, -0.25) is 9.59 Å². The lowest BCUT2D eigenvalue weighted by Crippen LogP contribution is -2.18. The van der Waals surface area contributed by atoms with Crippen molar-refractivity contribution < 1.29 is 9.90 Å². The van der Waals surface area contributed by atoms with Gasteiger partial charge in [0.25, 0.3) is 11.5 Å². The third-order valence-corrected chi connectivity index (χ3v) is 2.16. The molecule has 2 heterocycles. The number of carbonyl (C=O) groups excluding carboxylic acids is 1. The number of hydrogen-bond acceptors (Lipinski definition) is 5. The number of aliphatic hydroxyl groups excluding tert-OH is 1. The maximum atomic E-state index is 11.3. The highest BCUT2D eigenvalue weighted by atomic mass is 16.3. The Morgan fingerprint density at radius 1 is 1.47 bits per heavy atom. The average Bonchev–Trinajstić information content (AvgIpc) is 2.43. The number of amides is 1. The molecular formula is C8H6N4O3. The molecule has 1 aliphatic rings. The molecule has 1 aromatic rings. The van der Waals surface area contributed by atoms with Gasteiger partial charge in [0.15, 0.2) is 6.23 Å². The largest absolute Gasteiger partial charge is 0.385 e. The number of pyridine rings is 1. The van der Waals surface area contributed by atoms with Crippen molar-refractivity contribution in [3.05, 3.63) is 27.0 Å². The van der Waals surface area contributed by atoms with Crippen molar-refractivity contribution in [3.8, 4) is 6.07 Å². The maximum Gasteiger partial charge on any atom is 0.267 e. The number of nitrogens with two attached hydrogens (primary N) is 1. The van der Waals surface area contributed by atoms with Gasteiger partial charge in [0.05, 0.1) is 5.56 Å². The van der Waals surface area contributed by atoms with Crippen LogP contribution in [0.5, 0.6) is 0 Å². The topological polar surface area (TPSA) is 132 Å². The Hall–Kier alpha value is -2.33. The quantitative estimate of drug-likeness (QED) is 0.412. The van der Waals surface area contributed by atoms with E-state index in [2.05, 4.69) is 10.3 Å². The van der Waals surface area contributed by atoms with Gasteiger partial charge in [-0.25, -0.2) is 0 Å². The van der Waals surface area contributed by atoms with Crippen LogP contribution in [0.3, 0.4) is 0 Å². The average molecular weight is 206 g/mol. The third-order valence-electron chi connectivity index (χ3n) is 2.16. The minimum absolute atomic E-state index is 0.0429. The molecule has 15 heavy (non-hydrogen) atoms. The van der Waals surface area contributed by atoms with Crippen LogP contribution in [0.4, 0.5) is 5.82 Å². The Bertz CT molecular complexity index is 554. The summed E-state index contributed by atoms with van der Waals surface area (Å²) in [5.74, 6) is -0.759. The number of nitrogen functional groups attached to an aromatic ring is 1. The van der Waals surface area contributed by atoms with Crippen molar-refractivity contribution >= 4 is 11.7 Å². The van der Waals surface area contributed by atoms with Crippen molar-refractivity contribution in [2.24, 2.45) is 0 Å². The highest BCUT2D eigenvalue weighted by Gasteiger charge is 2.33. The number of rotatable bonds is 0. The lowest BCUT2D eigenvalue weighted by atomic mass is 10.1. The fourth-order valence-corrected chi connectivity index (χ4v) is 1.54. The first-order chi connectivity index (χ1) is 7.06. The van der Waals surface area contributed by atoms with Crippen LogP contribution in [0.2, 0.25) is 0 Å². The minimum atomic E-state index is -1.35. The number of aliphatic hydroxyl groups is 1. The summed E-state index contributed by atoms with van der Waals surface area (Å²) < 4.78 is 0. The number of aromatic amines is 1. The molecule has 1 aromatic heterocycles. The first-order valence-electron chi connectivity index (χ1n) is 4.01. The van der Waals surface area contributed by atoms with Crippen molar-refractivity contribution in [3.63, 3.8) is 0 Å². The first-order valence-corrected chi connectivity index (χ1v) is 4.01. The number of aromatic nitrogens is 1. The number of carbonyl (C=O) groups is 1. The van der Waals surface area contributed by atoms with E-state index in [0.29, 0.717) is 0 Å². The maximum absolute atomic E-state index is 11.3. The Labute approximate surface area is 83.1 Å². The van der Waals surface area contributed by atoms with Crippen LogP contribution in [-0.2, 0) is 0 Å². The van der Waals surface area contributed by atoms with E-state index in [0.717, 1.165) is 0 Å². The predicted octanol–water partition coefficient (Wildman–Crippen LogP) is -1.44. The summed E-state index contributed by atoms with van der Waals surface area (Å²) in [5.41, 5.74) is 4.30. The normalized spacial score (nSPS) is 18.1. The van der Waals surface area contributed by atoms with Crippen molar-refractivity contribution in [1.82, 2.24) is 10.3 Å². The smallest absolute Gasteiger partial charge is 0.267 e. The second kappa shape index (κ2) is 2.83. The Morgan fingerprint density at radius 2 is 2.13 bits per heavy atom. The van der Waals surface area contributed by atoms with E-state index in [9.17, 15) is 14.7 Å². The molecule has 0 bridgehead atoms. The lowest BCUT2D eigenvalue weighted by Gasteiger charge is -2.04. The first kappa shape index (κ1) is 9.23. The van der Waals surface area contributed by atoms with Crippen LogP contribution in [0, 0.1) is 11.3 Å². The molecule has 0 aromatic carbocycles. The molecule has 76 valence electrons. The van der Waals surface area contributed by atoms with E-state index in [4.69, 9.17) is 11.0 Å². The van der Waals surface area contributed by atoms with Crippen molar-refractivity contribution in [2.45, 2.75) is 6.23 Å². The summed E-state index contributed by atoms with van der Waals surface area (Å²) in [7, 11) is 0. The molecule has 0 fully saturated rings. The zero-order valence-corrected chi connectivity index (χ0v) is 7.37. The number of H-pyrrole nitrogens is 1. The van der Waals surface area contributed by atoms with Crippen LogP contribution in [0.15, 0.2) is 4.79 Å². The second-order valence-electron chi connectivity index (χ2n) is 3.02. The molecule has 2 rings (SSSR count). The minimum Gasteiger partial charge on any atom is -0.385 e. The lowest BCUT2D eigenvalue weighted by molar-refractivity contribution is 0.0851. The number of nitrogens with one attached hydrogen (secondary N) is 2. The molecule has 7 heteroatoms. The number of nitriles is 1. The standard InChI is InChI=1S/C8H6N4O3/c9-1-2-3-4(5(10)11-6(2)13)8(15)12-7(3)14/h7,14H,(H,12,15)(H3,10,11,13). The fourth-order valence-electron chi connectivity index (χ4n) is 1.54. The highest BCUT2D eigenvalue weighted by Crippen LogP contribution is 2.27. The molecule has 7 nitrogen and oxygen atoms in total. The van der Waals surface area contributed by atoms with Gasteiger partial charge in [-0.1, -0.05) is 0 Å². The molecule has 0 spiro atoms. The Morgan fingerprint density at radius 3 is 2.73 bits per heavy atom. The van der Waals surface area contributed by atoms with Gasteiger partial charge in [-0.15, -0.1) is 0 Å². The van der Waals surface area contributed by atoms with Crippen LogP contribution in [-0.4, -0.2) is 16.0 Å². The van der Waals surface area contributed by atoms with E-state index in [1.54, 1.807) is 6.07 Å². The predicted molar refractivity (Wildman–Crippen MR) is 48.6 cm³/mol. The van der Waals surface area contributed by atoms with Gasteiger partial charge in [0.1, 0.15) is 17.5 Å². The molecule has 0 aliphatic carbocycles. The zero-order valence-electron chi connectivity index (χ0n) is 7.37. The van der Waals surface area contributed by atoms with Crippen LogP contribution >= 0.6 is 0 Å². The molecular weight excluding hydrogens is 200 g/mol. The van der Waals surface area contributed by atoms with Crippen LogP contribution in [0.1, 0.15) is 27.7 Å². The summed E-state index contributed by atoms with van der Waals surface area (Å²) in [6.45, 7) is 0. The van der Waals surface area contributed by atoms with Gasteiger partial charge < -0.3 is 21.1 Å².